The zero-order valence-electron chi connectivity index (χ0n) is 10.9. The molecular weight excluding hydrogens is 282 g/mol. The first-order valence-corrected chi connectivity index (χ1v) is 7.27. The second-order valence-corrected chi connectivity index (χ2v) is 5.98. The molecule has 0 unspecified atom stereocenters. The van der Waals surface area contributed by atoms with E-state index in [4.69, 9.17) is 5.11 Å². The number of carbonyl (C=O) groups excluding carboxylic acids is 1. The molecular formula is C12H17N3O4S. The Labute approximate surface area is 119 Å². The number of amides is 2. The maximum absolute atomic E-state index is 11.6. The molecule has 2 amide bonds. The first kappa shape index (κ1) is 14.6. The summed E-state index contributed by atoms with van der Waals surface area (Å²) in [6.07, 6.45) is 2.76. The van der Waals surface area contributed by atoms with E-state index in [-0.39, 0.29) is 29.3 Å². The highest BCUT2D eigenvalue weighted by Crippen LogP contribution is 2.43. The van der Waals surface area contributed by atoms with E-state index in [1.54, 1.807) is 5.38 Å². The number of urea groups is 1. The molecule has 20 heavy (non-hydrogen) atoms. The van der Waals surface area contributed by atoms with Crippen LogP contribution in [-0.4, -0.2) is 28.6 Å². The highest BCUT2D eigenvalue weighted by molar-refractivity contribution is 7.07. The van der Waals surface area contributed by atoms with Crippen LogP contribution in [0.1, 0.15) is 31.4 Å². The Morgan fingerprint density at radius 1 is 1.40 bits per heavy atom. The first-order valence-electron chi connectivity index (χ1n) is 6.39. The summed E-state index contributed by atoms with van der Waals surface area (Å²) in [7, 11) is 0. The number of rotatable bonds is 6. The average Bonchev–Trinajstić information content (AvgIpc) is 2.75. The monoisotopic (exact) mass is 299 g/mol. The molecule has 2 rings (SSSR count). The molecule has 4 N–H and O–H groups in total. The van der Waals surface area contributed by atoms with Gasteiger partial charge in [0.15, 0.2) is 0 Å². The van der Waals surface area contributed by atoms with Gasteiger partial charge < -0.3 is 20.7 Å². The van der Waals surface area contributed by atoms with Gasteiger partial charge in [-0.1, -0.05) is 17.8 Å². The van der Waals surface area contributed by atoms with E-state index in [0.717, 1.165) is 30.6 Å². The summed E-state index contributed by atoms with van der Waals surface area (Å²) in [6.45, 7) is 0.613. The van der Waals surface area contributed by atoms with E-state index in [2.05, 4.69) is 15.6 Å². The van der Waals surface area contributed by atoms with Crippen molar-refractivity contribution < 1.29 is 14.7 Å². The molecule has 0 spiro atoms. The molecule has 0 radical (unpaired) electrons. The van der Waals surface area contributed by atoms with E-state index in [1.807, 2.05) is 0 Å². The summed E-state index contributed by atoms with van der Waals surface area (Å²) < 4.78 is 0. The van der Waals surface area contributed by atoms with Gasteiger partial charge in [0.05, 0.1) is 13.0 Å². The molecule has 1 aromatic rings. The predicted octanol–water partition coefficient (Wildman–Crippen LogP) is 0.881. The number of carboxylic acids is 1. The number of aromatic nitrogens is 1. The van der Waals surface area contributed by atoms with Crippen molar-refractivity contribution in [3.8, 4) is 0 Å². The standard InChI is InChI=1S/C12H17N3O4S/c16-9(17)4-12(2-1-3-12)7-14-10(18)13-5-8-6-20-11(19)15-8/h6H,1-5,7H2,(H,15,19)(H,16,17)(H2,13,14,18). The van der Waals surface area contributed by atoms with Crippen LogP contribution < -0.4 is 15.5 Å². The lowest BCUT2D eigenvalue weighted by molar-refractivity contribution is -0.141. The fourth-order valence-electron chi connectivity index (χ4n) is 2.32. The molecule has 1 aliphatic carbocycles. The summed E-state index contributed by atoms with van der Waals surface area (Å²) in [6, 6.07) is -0.353. The minimum Gasteiger partial charge on any atom is -0.481 e. The van der Waals surface area contributed by atoms with Gasteiger partial charge in [0.2, 0.25) is 0 Å². The third-order valence-electron chi connectivity index (χ3n) is 3.57. The van der Waals surface area contributed by atoms with Crippen molar-refractivity contribution in [2.75, 3.05) is 6.54 Å². The van der Waals surface area contributed by atoms with Gasteiger partial charge in [-0.15, -0.1) is 0 Å². The van der Waals surface area contributed by atoms with Crippen molar-refractivity contribution in [3.05, 3.63) is 20.7 Å². The molecule has 7 nitrogen and oxygen atoms in total. The summed E-state index contributed by atoms with van der Waals surface area (Å²) >= 11 is 1.05. The lowest BCUT2D eigenvalue weighted by Crippen LogP contribution is -2.46. The Hall–Kier alpha value is -1.83. The van der Waals surface area contributed by atoms with Crippen molar-refractivity contribution in [1.29, 1.82) is 0 Å². The number of carbonyl (C=O) groups is 2. The maximum Gasteiger partial charge on any atom is 0.315 e. The van der Waals surface area contributed by atoms with Gasteiger partial charge in [-0.05, 0) is 18.3 Å². The highest BCUT2D eigenvalue weighted by Gasteiger charge is 2.39. The molecule has 0 aliphatic heterocycles. The zero-order valence-corrected chi connectivity index (χ0v) is 11.7. The summed E-state index contributed by atoms with van der Waals surface area (Å²) in [5.41, 5.74) is 0.360. The lowest BCUT2D eigenvalue weighted by Gasteiger charge is -2.40. The molecule has 1 fully saturated rings. The van der Waals surface area contributed by atoms with Gasteiger partial charge in [-0.2, -0.15) is 0 Å². The van der Waals surface area contributed by atoms with Crippen molar-refractivity contribution in [2.24, 2.45) is 5.41 Å². The van der Waals surface area contributed by atoms with E-state index < -0.39 is 5.97 Å². The number of hydrogen-bond acceptors (Lipinski definition) is 4. The van der Waals surface area contributed by atoms with Crippen LogP contribution >= 0.6 is 11.3 Å². The topological polar surface area (TPSA) is 111 Å². The second-order valence-electron chi connectivity index (χ2n) is 5.13. The molecule has 0 aromatic carbocycles. The van der Waals surface area contributed by atoms with Crippen LogP contribution in [0.15, 0.2) is 10.2 Å². The molecule has 1 aliphatic rings. The van der Waals surface area contributed by atoms with Gasteiger partial charge in [0.25, 0.3) is 0 Å². The van der Waals surface area contributed by atoms with E-state index in [9.17, 15) is 14.4 Å². The zero-order chi connectivity index (χ0) is 14.6. The SMILES string of the molecule is O=C(O)CC1(CNC(=O)NCc2csc(=O)[nH]2)CCC1. The number of aliphatic carboxylic acids is 1. The number of H-pyrrole nitrogens is 1. The molecule has 1 aromatic heterocycles. The van der Waals surface area contributed by atoms with Crippen molar-refractivity contribution in [3.63, 3.8) is 0 Å². The predicted molar refractivity (Wildman–Crippen MR) is 73.7 cm³/mol. The van der Waals surface area contributed by atoms with Crippen LogP contribution in [0.4, 0.5) is 4.79 Å². The van der Waals surface area contributed by atoms with Crippen molar-refractivity contribution in [1.82, 2.24) is 15.6 Å². The Morgan fingerprint density at radius 2 is 2.15 bits per heavy atom. The summed E-state index contributed by atoms with van der Waals surface area (Å²) in [4.78, 5) is 35.8. The Kier molecular flexibility index (Phi) is 4.43. The number of nitrogens with one attached hydrogen (secondary N) is 3. The van der Waals surface area contributed by atoms with E-state index >= 15 is 0 Å². The van der Waals surface area contributed by atoms with Crippen molar-refractivity contribution >= 4 is 23.3 Å². The van der Waals surface area contributed by atoms with Gasteiger partial charge >= 0.3 is 16.9 Å². The van der Waals surface area contributed by atoms with Gasteiger partial charge in [0, 0.05) is 17.6 Å². The minimum atomic E-state index is -0.831. The largest absolute Gasteiger partial charge is 0.481 e. The number of aromatic amines is 1. The first-order chi connectivity index (χ1) is 9.49. The fraction of sp³-hybridized carbons (Fsp3) is 0.583. The fourth-order valence-corrected chi connectivity index (χ4v) is 2.90. The normalized spacial score (nSPS) is 16.2. The van der Waals surface area contributed by atoms with Crippen LogP contribution in [0.2, 0.25) is 0 Å². The van der Waals surface area contributed by atoms with E-state index in [0.29, 0.717) is 12.2 Å². The second kappa shape index (κ2) is 6.08. The highest BCUT2D eigenvalue weighted by atomic mass is 32.1. The van der Waals surface area contributed by atoms with Crippen LogP contribution in [-0.2, 0) is 11.3 Å². The average molecular weight is 299 g/mol. The smallest absolute Gasteiger partial charge is 0.315 e. The Morgan fingerprint density at radius 3 is 2.65 bits per heavy atom. The molecule has 1 heterocycles. The lowest BCUT2D eigenvalue weighted by atomic mass is 9.66. The molecule has 1 saturated carbocycles. The van der Waals surface area contributed by atoms with Gasteiger partial charge in [0.1, 0.15) is 0 Å². The molecule has 110 valence electrons. The van der Waals surface area contributed by atoms with Crippen LogP contribution in [0.5, 0.6) is 0 Å². The number of thiazole rings is 1. The molecule has 8 heteroatoms. The van der Waals surface area contributed by atoms with Crippen LogP contribution in [0.25, 0.3) is 0 Å². The third kappa shape index (κ3) is 3.83. The summed E-state index contributed by atoms with van der Waals surface area (Å²) in [5.74, 6) is -0.831. The molecule has 0 saturated heterocycles. The Balaban J connectivity index is 1.74. The summed E-state index contributed by atoms with van der Waals surface area (Å²) in [5, 5.41) is 15.9. The van der Waals surface area contributed by atoms with Gasteiger partial charge in [-0.3, -0.25) is 9.59 Å². The quantitative estimate of drug-likeness (QED) is 0.624. The van der Waals surface area contributed by atoms with Crippen LogP contribution in [0.3, 0.4) is 0 Å². The van der Waals surface area contributed by atoms with E-state index in [1.165, 1.54) is 0 Å². The molecule has 0 atom stereocenters. The maximum atomic E-state index is 11.6. The number of hydrogen-bond donors (Lipinski definition) is 4. The minimum absolute atomic E-state index is 0.0884. The molecule has 0 bridgehead atoms. The van der Waals surface area contributed by atoms with Crippen LogP contribution in [0, 0.1) is 5.41 Å². The Bertz CT molecular complexity index is 547. The third-order valence-corrected chi connectivity index (χ3v) is 4.29. The number of carboxylic acid groups (broad SMARTS) is 1. The van der Waals surface area contributed by atoms with Crippen molar-refractivity contribution in [2.45, 2.75) is 32.2 Å². The van der Waals surface area contributed by atoms with Gasteiger partial charge in [-0.25, -0.2) is 4.79 Å².